The van der Waals surface area contributed by atoms with Crippen LogP contribution in [-0.2, 0) is 0 Å². The molecule has 0 atom stereocenters. The van der Waals surface area contributed by atoms with Gasteiger partial charge in [0.25, 0.3) is 5.91 Å². The van der Waals surface area contributed by atoms with Crippen LogP contribution in [0.4, 0.5) is 11.4 Å². The van der Waals surface area contributed by atoms with Gasteiger partial charge in [-0.2, -0.15) is 0 Å². The number of methoxy groups -OCH3 is 2. The number of nitrogen functional groups attached to an aromatic ring is 1. The summed E-state index contributed by atoms with van der Waals surface area (Å²) in [6, 6.07) is 33.1. The third-order valence-electron chi connectivity index (χ3n) is 7.99. The van der Waals surface area contributed by atoms with Crippen LogP contribution in [0.15, 0.2) is 130 Å². The van der Waals surface area contributed by atoms with Crippen LogP contribution < -0.4 is 20.5 Å². The van der Waals surface area contributed by atoms with E-state index in [1.165, 1.54) is 44.3 Å². The molecule has 0 aliphatic rings. The third kappa shape index (κ3) is 9.47. The number of aromatic carboxylic acids is 1. The maximum atomic E-state index is 12.4. The van der Waals surface area contributed by atoms with E-state index in [0.717, 1.165) is 27.8 Å². The van der Waals surface area contributed by atoms with Gasteiger partial charge in [-0.1, -0.05) is 35.4 Å². The van der Waals surface area contributed by atoms with Crippen molar-refractivity contribution >= 4 is 45.5 Å². The summed E-state index contributed by atoms with van der Waals surface area (Å²) < 4.78 is 21.3. The number of oxazole rings is 2. The number of ether oxygens (including phenoxy) is 2. The van der Waals surface area contributed by atoms with Crippen LogP contribution in [0, 0.1) is 13.8 Å². The molecule has 8 rings (SSSR count). The van der Waals surface area contributed by atoms with Gasteiger partial charge in [-0.05, 0) is 86.6 Å². The van der Waals surface area contributed by atoms with Crippen LogP contribution in [0.3, 0.4) is 0 Å². The van der Waals surface area contributed by atoms with E-state index in [1.54, 1.807) is 30.3 Å². The highest BCUT2D eigenvalue weighted by atomic mass is 16.5. The zero-order chi connectivity index (χ0) is 38.9. The van der Waals surface area contributed by atoms with Crippen molar-refractivity contribution in [2.45, 2.75) is 13.8 Å². The summed E-state index contributed by atoms with van der Waals surface area (Å²) in [5, 5.41) is 11.3. The number of pyridine rings is 2. The number of amides is 1. The van der Waals surface area contributed by atoms with E-state index in [-0.39, 0.29) is 11.5 Å². The fraction of sp³-hybridized carbons (Fsp3) is 0.0952. The molecule has 0 spiro atoms. The number of carboxylic acid groups (broad SMARTS) is 1. The number of nitrogens with two attached hydrogens (primary N) is 1. The standard InChI is InChI=1S/C21H17N3O3.C14H12N2O.C7H7NO3/c1-13-4-3-5-14(10-13)21-24-17-11-16(7-8-18(17)27-21)23-20(25)15-6-9-19(26-2)22-12-15;1-9-3-2-4-10(7-9)14-16-12-8-11(15)5-6-13(12)17-14;1-11-6-3-2-5(4-8-6)7(9)10/h3-12H,1-2H3,(H,23,25);2-8H,15H2,1H3;2-4H,1H3,(H,9,10). The third-order valence-corrected chi connectivity index (χ3v) is 7.99. The number of hydrogen-bond acceptors (Lipinski definition) is 11. The quantitative estimate of drug-likeness (QED) is 0.132. The Balaban J connectivity index is 0.000000156. The van der Waals surface area contributed by atoms with Crippen molar-refractivity contribution in [3.8, 4) is 34.7 Å². The second kappa shape index (κ2) is 16.9. The smallest absolute Gasteiger partial charge is 0.337 e. The summed E-state index contributed by atoms with van der Waals surface area (Å²) in [5.41, 5.74) is 14.8. The molecule has 55 heavy (non-hydrogen) atoms. The summed E-state index contributed by atoms with van der Waals surface area (Å²) >= 11 is 0. The fourth-order valence-corrected chi connectivity index (χ4v) is 5.22. The first-order valence-electron chi connectivity index (χ1n) is 16.8. The van der Waals surface area contributed by atoms with Crippen molar-refractivity contribution in [3.63, 3.8) is 0 Å². The Morgan fingerprint density at radius 1 is 0.655 bits per heavy atom. The molecule has 0 saturated carbocycles. The van der Waals surface area contributed by atoms with Crippen LogP contribution in [0.5, 0.6) is 11.8 Å². The lowest BCUT2D eigenvalue weighted by Crippen LogP contribution is -2.12. The monoisotopic (exact) mass is 736 g/mol. The maximum absolute atomic E-state index is 12.4. The molecule has 13 nitrogen and oxygen atoms in total. The van der Waals surface area contributed by atoms with Crippen molar-refractivity contribution in [1.29, 1.82) is 0 Å². The molecule has 4 aromatic carbocycles. The zero-order valence-corrected chi connectivity index (χ0v) is 30.3. The van der Waals surface area contributed by atoms with Crippen LogP contribution in [-0.4, -0.2) is 51.1 Å². The average molecular weight is 737 g/mol. The molecule has 0 aliphatic carbocycles. The van der Waals surface area contributed by atoms with Crippen LogP contribution >= 0.6 is 0 Å². The lowest BCUT2D eigenvalue weighted by atomic mass is 10.1. The molecule has 0 bridgehead atoms. The van der Waals surface area contributed by atoms with Crippen molar-refractivity contribution in [2.24, 2.45) is 0 Å². The largest absolute Gasteiger partial charge is 0.481 e. The summed E-state index contributed by atoms with van der Waals surface area (Å²) in [7, 11) is 3.00. The number of nitrogens with zero attached hydrogens (tertiary/aromatic N) is 4. The molecule has 0 fully saturated rings. The molecule has 13 heteroatoms. The van der Waals surface area contributed by atoms with Gasteiger partial charge in [0.1, 0.15) is 11.0 Å². The van der Waals surface area contributed by atoms with Gasteiger partial charge in [0.15, 0.2) is 11.2 Å². The molecule has 0 radical (unpaired) electrons. The minimum absolute atomic E-state index is 0.158. The van der Waals surface area contributed by atoms with E-state index in [2.05, 4.69) is 25.3 Å². The summed E-state index contributed by atoms with van der Waals surface area (Å²) in [5.74, 6) is 0.812. The summed E-state index contributed by atoms with van der Waals surface area (Å²) in [4.78, 5) is 39.4. The first-order chi connectivity index (χ1) is 26.6. The topological polar surface area (TPSA) is 189 Å². The number of benzene rings is 4. The molecular weight excluding hydrogens is 700 g/mol. The number of carboxylic acids is 1. The van der Waals surface area contributed by atoms with Crippen molar-refractivity contribution in [2.75, 3.05) is 25.3 Å². The number of carbonyl (C=O) groups excluding carboxylic acids is 1. The first kappa shape index (κ1) is 37.2. The Hall–Kier alpha value is -7.54. The van der Waals surface area contributed by atoms with E-state index in [1.807, 2.05) is 80.6 Å². The molecule has 8 aromatic rings. The highest BCUT2D eigenvalue weighted by Gasteiger charge is 2.12. The van der Waals surface area contributed by atoms with E-state index < -0.39 is 5.97 Å². The second-order valence-corrected chi connectivity index (χ2v) is 12.1. The highest BCUT2D eigenvalue weighted by Crippen LogP contribution is 2.28. The van der Waals surface area contributed by atoms with Gasteiger partial charge in [0.05, 0.1) is 25.3 Å². The molecule has 276 valence electrons. The van der Waals surface area contributed by atoms with E-state index in [9.17, 15) is 9.59 Å². The van der Waals surface area contributed by atoms with Crippen LogP contribution in [0.2, 0.25) is 0 Å². The lowest BCUT2D eigenvalue weighted by molar-refractivity contribution is 0.0696. The minimum atomic E-state index is -0.986. The van der Waals surface area contributed by atoms with E-state index >= 15 is 0 Å². The van der Waals surface area contributed by atoms with Gasteiger partial charge in [0, 0.05) is 47.0 Å². The predicted octanol–water partition coefficient (Wildman–Crippen LogP) is 8.63. The minimum Gasteiger partial charge on any atom is -0.481 e. The Labute approximate surface area is 315 Å². The number of fused-ring (bicyclic) bond motifs is 2. The number of anilines is 2. The Morgan fingerprint density at radius 2 is 1.18 bits per heavy atom. The summed E-state index contributed by atoms with van der Waals surface area (Å²) in [6.07, 6.45) is 2.72. The van der Waals surface area contributed by atoms with Crippen LogP contribution in [0.1, 0.15) is 31.8 Å². The molecule has 4 heterocycles. The zero-order valence-electron chi connectivity index (χ0n) is 30.3. The van der Waals surface area contributed by atoms with Gasteiger partial charge in [0.2, 0.25) is 23.5 Å². The van der Waals surface area contributed by atoms with Crippen molar-refractivity contribution in [3.05, 3.63) is 144 Å². The molecule has 1 amide bonds. The Kier molecular flexibility index (Phi) is 11.4. The summed E-state index contributed by atoms with van der Waals surface area (Å²) in [6.45, 7) is 4.07. The number of aryl methyl sites for hydroxylation is 2. The SMILES string of the molecule is COc1ccc(C(=O)Nc2ccc3oc(-c4cccc(C)c4)nc3c2)cn1.COc1ccc(C(=O)O)cn1.Cc1cccc(-c2nc3cc(N)ccc3o2)c1. The molecular formula is C42H36N6O7. The Bertz CT molecular complexity index is 2580. The number of carbonyl (C=O) groups is 2. The molecule has 4 aromatic heterocycles. The normalized spacial score (nSPS) is 10.5. The fourth-order valence-electron chi connectivity index (χ4n) is 5.22. The molecule has 4 N–H and O–H groups in total. The number of aromatic nitrogens is 4. The van der Waals surface area contributed by atoms with Gasteiger partial charge < -0.3 is 34.5 Å². The first-order valence-corrected chi connectivity index (χ1v) is 16.8. The highest BCUT2D eigenvalue weighted by molar-refractivity contribution is 6.04. The van der Waals surface area contributed by atoms with Crippen molar-refractivity contribution < 1.29 is 33.0 Å². The average Bonchev–Trinajstić information content (AvgIpc) is 3.83. The second-order valence-electron chi connectivity index (χ2n) is 12.1. The van der Waals surface area contributed by atoms with Gasteiger partial charge >= 0.3 is 5.97 Å². The lowest BCUT2D eigenvalue weighted by Gasteiger charge is -2.05. The van der Waals surface area contributed by atoms with Gasteiger partial charge in [-0.15, -0.1) is 0 Å². The van der Waals surface area contributed by atoms with E-state index in [0.29, 0.717) is 51.6 Å². The Morgan fingerprint density at radius 3 is 1.67 bits per heavy atom. The predicted molar refractivity (Wildman–Crippen MR) is 209 cm³/mol. The van der Waals surface area contributed by atoms with E-state index in [4.69, 9.17) is 29.1 Å². The number of nitrogens with one attached hydrogen (secondary N) is 1. The van der Waals surface area contributed by atoms with Gasteiger partial charge in [-0.25, -0.2) is 24.7 Å². The molecule has 0 unspecified atom stereocenters. The number of rotatable bonds is 7. The van der Waals surface area contributed by atoms with Crippen molar-refractivity contribution in [1.82, 2.24) is 19.9 Å². The van der Waals surface area contributed by atoms with Gasteiger partial charge in [-0.3, -0.25) is 4.79 Å². The molecule has 0 aliphatic heterocycles. The maximum Gasteiger partial charge on any atom is 0.337 e. The number of hydrogen-bond donors (Lipinski definition) is 3. The molecule has 0 saturated heterocycles. The van der Waals surface area contributed by atoms with Crippen LogP contribution in [0.25, 0.3) is 45.1 Å².